The Morgan fingerprint density at radius 2 is 1.61 bits per heavy atom. The Balaban J connectivity index is 1.39. The maximum atomic E-state index is 13.1. The van der Waals surface area contributed by atoms with Crippen LogP contribution in [-0.4, -0.2) is 44.3 Å². The van der Waals surface area contributed by atoms with Crippen molar-refractivity contribution in [2.45, 2.75) is 58.3 Å². The fourth-order valence-corrected chi connectivity index (χ4v) is 4.65. The molecule has 4 N–H and O–H groups in total. The summed E-state index contributed by atoms with van der Waals surface area (Å²) in [5.41, 5.74) is 2.57. The van der Waals surface area contributed by atoms with Crippen LogP contribution in [0.3, 0.4) is 0 Å². The molecule has 0 aromatic heterocycles. The minimum Gasteiger partial charge on any atom is -0.489 e. The van der Waals surface area contributed by atoms with Gasteiger partial charge in [-0.3, -0.25) is 4.79 Å². The molecule has 0 unspecified atom stereocenters. The number of ether oxygens (including phenoxy) is 3. The third-order valence-electron chi connectivity index (χ3n) is 6.99. The highest BCUT2D eigenvalue weighted by Crippen LogP contribution is 2.30. The predicted molar refractivity (Wildman–Crippen MR) is 161 cm³/mol. The van der Waals surface area contributed by atoms with Crippen LogP contribution >= 0.6 is 0 Å². The lowest BCUT2D eigenvalue weighted by molar-refractivity contribution is 0.101. The van der Waals surface area contributed by atoms with Crippen LogP contribution in [-0.2, 0) is 11.3 Å². The second kappa shape index (κ2) is 15.1. The van der Waals surface area contributed by atoms with Gasteiger partial charge in [0.1, 0.15) is 23.4 Å². The number of rotatable bonds is 12. The molecule has 218 valence electrons. The molecule has 1 fully saturated rings. The summed E-state index contributed by atoms with van der Waals surface area (Å²) in [7, 11) is 1.61. The van der Waals surface area contributed by atoms with E-state index in [0.717, 1.165) is 44.3 Å². The van der Waals surface area contributed by atoms with Crippen LogP contribution in [0.2, 0.25) is 0 Å². The summed E-state index contributed by atoms with van der Waals surface area (Å²) in [5, 5.41) is 12.1. The van der Waals surface area contributed by atoms with Gasteiger partial charge in [0.05, 0.1) is 12.2 Å². The molecule has 3 aromatic carbocycles. The Kier molecular flexibility index (Phi) is 11.0. The van der Waals surface area contributed by atoms with E-state index < -0.39 is 0 Å². The fraction of sp³-hybridized carbons (Fsp3) is 0.375. The topological polar surface area (TPSA) is 110 Å². The SMILES string of the molecule is CCC(CC)NC(=O)Nc1ccc(Oc2ccc(NC(=O)c3ccccc3OC3CCNCC3)cc2)c(COC)c1. The molecule has 9 heteroatoms. The standard InChI is InChI=1S/C32H40N4O5/c1-4-23(5-2)35-32(38)36-25-12-15-29(22(20-25)21-39-3)40-26-13-10-24(11-14-26)34-31(37)28-8-6-7-9-30(28)41-27-16-18-33-19-17-27/h6-15,20,23,27,33H,4-5,16-19,21H2,1-3H3,(H,34,37)(H2,35,36,38). The van der Waals surface area contributed by atoms with Crippen molar-refractivity contribution in [1.29, 1.82) is 0 Å². The zero-order valence-corrected chi connectivity index (χ0v) is 24.0. The van der Waals surface area contributed by atoms with Gasteiger partial charge in [-0.2, -0.15) is 0 Å². The first-order chi connectivity index (χ1) is 20.0. The van der Waals surface area contributed by atoms with Crippen molar-refractivity contribution in [2.75, 3.05) is 30.8 Å². The summed E-state index contributed by atoms with van der Waals surface area (Å²) < 4.78 is 17.6. The Bertz CT molecular complexity index is 1290. The number of nitrogens with one attached hydrogen (secondary N) is 4. The van der Waals surface area contributed by atoms with Crippen molar-refractivity contribution in [1.82, 2.24) is 10.6 Å². The largest absolute Gasteiger partial charge is 0.489 e. The highest BCUT2D eigenvalue weighted by atomic mass is 16.5. The van der Waals surface area contributed by atoms with E-state index in [1.54, 1.807) is 49.6 Å². The van der Waals surface area contributed by atoms with E-state index in [1.165, 1.54) is 0 Å². The van der Waals surface area contributed by atoms with E-state index in [4.69, 9.17) is 14.2 Å². The Morgan fingerprint density at radius 1 is 0.902 bits per heavy atom. The summed E-state index contributed by atoms with van der Waals surface area (Å²) in [5.74, 6) is 1.57. The van der Waals surface area contributed by atoms with E-state index in [0.29, 0.717) is 40.8 Å². The Labute approximate surface area is 242 Å². The average Bonchev–Trinajstić information content (AvgIpc) is 2.99. The molecular formula is C32H40N4O5. The van der Waals surface area contributed by atoms with Crippen LogP contribution in [0.15, 0.2) is 66.7 Å². The number of benzene rings is 3. The highest BCUT2D eigenvalue weighted by Gasteiger charge is 2.19. The number of carbonyl (C=O) groups is 2. The zero-order valence-electron chi connectivity index (χ0n) is 24.0. The van der Waals surface area contributed by atoms with Gasteiger partial charge in [0.25, 0.3) is 5.91 Å². The van der Waals surface area contributed by atoms with Gasteiger partial charge in [-0.15, -0.1) is 0 Å². The molecule has 41 heavy (non-hydrogen) atoms. The van der Waals surface area contributed by atoms with Crippen LogP contribution in [0.4, 0.5) is 16.2 Å². The van der Waals surface area contributed by atoms with Gasteiger partial charge in [0.2, 0.25) is 0 Å². The molecule has 0 spiro atoms. The van der Waals surface area contributed by atoms with Crippen molar-refractivity contribution in [3.05, 3.63) is 77.9 Å². The number of piperidine rings is 1. The number of carbonyl (C=O) groups excluding carboxylic acids is 2. The molecule has 9 nitrogen and oxygen atoms in total. The van der Waals surface area contributed by atoms with Crippen molar-refractivity contribution in [3.8, 4) is 17.2 Å². The third-order valence-corrected chi connectivity index (χ3v) is 6.99. The lowest BCUT2D eigenvalue weighted by Gasteiger charge is -2.24. The van der Waals surface area contributed by atoms with E-state index >= 15 is 0 Å². The monoisotopic (exact) mass is 560 g/mol. The summed E-state index contributed by atoms with van der Waals surface area (Å²) >= 11 is 0. The molecule has 0 aliphatic carbocycles. The molecule has 1 saturated heterocycles. The zero-order chi connectivity index (χ0) is 29.0. The first-order valence-corrected chi connectivity index (χ1v) is 14.2. The van der Waals surface area contributed by atoms with Crippen LogP contribution in [0.25, 0.3) is 0 Å². The van der Waals surface area contributed by atoms with E-state index in [-0.39, 0.29) is 24.1 Å². The number of para-hydroxylation sites is 1. The smallest absolute Gasteiger partial charge is 0.319 e. The third kappa shape index (κ3) is 8.70. The quantitative estimate of drug-likeness (QED) is 0.206. The van der Waals surface area contributed by atoms with Crippen molar-refractivity contribution < 1.29 is 23.8 Å². The van der Waals surface area contributed by atoms with Crippen molar-refractivity contribution in [3.63, 3.8) is 0 Å². The van der Waals surface area contributed by atoms with Crippen molar-refractivity contribution in [2.24, 2.45) is 0 Å². The van der Waals surface area contributed by atoms with Gasteiger partial charge >= 0.3 is 6.03 Å². The molecule has 3 aromatic rings. The molecule has 0 saturated carbocycles. The molecule has 4 rings (SSSR count). The molecule has 1 heterocycles. The van der Waals surface area contributed by atoms with Gasteiger partial charge in [-0.25, -0.2) is 4.79 Å². The summed E-state index contributed by atoms with van der Waals surface area (Å²) in [6.45, 7) is 6.23. The van der Waals surface area contributed by atoms with Crippen LogP contribution < -0.4 is 30.7 Å². The lowest BCUT2D eigenvalue weighted by Crippen LogP contribution is -2.37. The number of hydrogen-bond donors (Lipinski definition) is 4. The Hall–Kier alpha value is -4.08. The first kappa shape index (κ1) is 29.9. The second-order valence-electron chi connectivity index (χ2n) is 10.0. The Morgan fingerprint density at radius 3 is 2.32 bits per heavy atom. The number of hydrogen-bond acceptors (Lipinski definition) is 6. The van der Waals surface area contributed by atoms with E-state index in [1.807, 2.05) is 38.1 Å². The summed E-state index contributed by atoms with van der Waals surface area (Å²) in [6.07, 6.45) is 3.66. The molecule has 1 aliphatic rings. The molecule has 0 atom stereocenters. The minimum absolute atomic E-state index is 0.0982. The first-order valence-electron chi connectivity index (χ1n) is 14.2. The molecular weight excluding hydrogens is 520 g/mol. The van der Waals surface area contributed by atoms with Gasteiger partial charge in [0, 0.05) is 30.1 Å². The minimum atomic E-state index is -0.242. The number of urea groups is 1. The fourth-order valence-electron chi connectivity index (χ4n) is 4.65. The molecule has 1 aliphatic heterocycles. The normalized spacial score (nSPS) is 13.5. The predicted octanol–water partition coefficient (Wildman–Crippen LogP) is 6.32. The van der Waals surface area contributed by atoms with Gasteiger partial charge in [-0.05, 0) is 93.4 Å². The maximum Gasteiger partial charge on any atom is 0.319 e. The molecule has 3 amide bonds. The second-order valence-corrected chi connectivity index (χ2v) is 10.0. The van der Waals surface area contributed by atoms with Gasteiger partial charge < -0.3 is 35.5 Å². The van der Waals surface area contributed by atoms with Crippen LogP contribution in [0, 0.1) is 0 Å². The summed E-state index contributed by atoms with van der Waals surface area (Å²) in [4.78, 5) is 25.5. The van der Waals surface area contributed by atoms with E-state index in [9.17, 15) is 9.59 Å². The molecule has 0 radical (unpaired) electrons. The van der Waals surface area contributed by atoms with Crippen molar-refractivity contribution >= 4 is 23.3 Å². The highest BCUT2D eigenvalue weighted by molar-refractivity contribution is 6.06. The number of anilines is 2. The van der Waals surface area contributed by atoms with E-state index in [2.05, 4.69) is 21.3 Å². The molecule has 0 bridgehead atoms. The van der Waals surface area contributed by atoms with Gasteiger partial charge in [-0.1, -0.05) is 26.0 Å². The number of methoxy groups -OCH3 is 1. The number of amides is 3. The average molecular weight is 561 g/mol. The lowest BCUT2D eigenvalue weighted by atomic mass is 10.1. The maximum absolute atomic E-state index is 13.1. The van der Waals surface area contributed by atoms with Crippen LogP contribution in [0.5, 0.6) is 17.2 Å². The van der Waals surface area contributed by atoms with Crippen LogP contribution in [0.1, 0.15) is 55.5 Å². The summed E-state index contributed by atoms with van der Waals surface area (Å²) in [6, 6.07) is 19.8. The van der Waals surface area contributed by atoms with Gasteiger partial charge in [0.15, 0.2) is 0 Å².